The number of benzene rings is 1. The fourth-order valence-corrected chi connectivity index (χ4v) is 2.72. The molecule has 0 aliphatic carbocycles. The molecule has 1 aliphatic rings. The number of carbonyl (C=O) groups is 1. The average Bonchev–Trinajstić information content (AvgIpc) is 2.60. The highest BCUT2D eigenvalue weighted by Crippen LogP contribution is 2.39. The van der Waals surface area contributed by atoms with E-state index in [1.807, 2.05) is 0 Å². The normalized spacial score (nSPS) is 16.4. The van der Waals surface area contributed by atoms with E-state index >= 15 is 0 Å². The fraction of sp³-hybridized carbons (Fsp3) is 0.500. The molecule has 0 N–H and O–H groups in total. The van der Waals surface area contributed by atoms with Crippen LogP contribution in [0.3, 0.4) is 0 Å². The van der Waals surface area contributed by atoms with Crippen molar-refractivity contribution in [3.63, 3.8) is 0 Å². The van der Waals surface area contributed by atoms with Gasteiger partial charge in [-0.25, -0.2) is 0 Å². The molecule has 0 saturated heterocycles. The van der Waals surface area contributed by atoms with Crippen molar-refractivity contribution in [1.82, 2.24) is 0 Å². The largest absolute Gasteiger partial charge is 0.469 e. The molecule has 1 aromatic carbocycles. The van der Waals surface area contributed by atoms with Gasteiger partial charge in [0.1, 0.15) is 6.54 Å². The Balaban J connectivity index is 2.20. The van der Waals surface area contributed by atoms with E-state index in [-0.39, 0.29) is 11.4 Å². The summed E-state index contributed by atoms with van der Waals surface area (Å²) in [7, 11) is 1.44. The quantitative estimate of drug-likeness (QED) is 0.615. The van der Waals surface area contributed by atoms with E-state index in [1.165, 1.54) is 24.1 Å². The van der Waals surface area contributed by atoms with Gasteiger partial charge in [0.05, 0.1) is 18.9 Å². The SMILES string of the molecule is COC(=O)CCC[N+]1=C(C)C(C)(C)c2ccccc21. The third-order valence-corrected chi connectivity index (χ3v) is 4.17. The molecule has 3 nitrogen and oxygen atoms in total. The Morgan fingerprint density at radius 2 is 2.00 bits per heavy atom. The molecule has 19 heavy (non-hydrogen) atoms. The lowest BCUT2D eigenvalue weighted by Gasteiger charge is -2.14. The molecule has 0 bridgehead atoms. The first kappa shape index (κ1) is 13.8. The Labute approximate surface area is 114 Å². The van der Waals surface area contributed by atoms with Gasteiger partial charge in [0.25, 0.3) is 0 Å². The number of methoxy groups -OCH3 is 1. The van der Waals surface area contributed by atoms with E-state index in [2.05, 4.69) is 54.3 Å². The summed E-state index contributed by atoms with van der Waals surface area (Å²) in [6, 6.07) is 8.51. The van der Waals surface area contributed by atoms with Gasteiger partial charge in [-0.2, -0.15) is 4.58 Å². The van der Waals surface area contributed by atoms with Crippen molar-refractivity contribution in [1.29, 1.82) is 0 Å². The van der Waals surface area contributed by atoms with E-state index in [9.17, 15) is 4.79 Å². The van der Waals surface area contributed by atoms with Gasteiger partial charge in [0.2, 0.25) is 5.69 Å². The van der Waals surface area contributed by atoms with Crippen LogP contribution in [0.15, 0.2) is 24.3 Å². The van der Waals surface area contributed by atoms with Gasteiger partial charge < -0.3 is 4.74 Å². The minimum atomic E-state index is -0.135. The van der Waals surface area contributed by atoms with E-state index in [0.717, 1.165) is 13.0 Å². The minimum absolute atomic E-state index is 0.0713. The number of hydrogen-bond donors (Lipinski definition) is 0. The van der Waals surface area contributed by atoms with Gasteiger partial charge in [-0.15, -0.1) is 0 Å². The third-order valence-electron chi connectivity index (χ3n) is 4.17. The second-order valence-corrected chi connectivity index (χ2v) is 5.56. The maximum atomic E-state index is 11.2. The summed E-state index contributed by atoms with van der Waals surface area (Å²) in [5.41, 5.74) is 4.06. The molecular formula is C16H22NO2+. The lowest BCUT2D eigenvalue weighted by molar-refractivity contribution is -0.439. The summed E-state index contributed by atoms with van der Waals surface area (Å²) < 4.78 is 7.02. The lowest BCUT2D eigenvalue weighted by atomic mass is 9.82. The zero-order chi connectivity index (χ0) is 14.0. The summed E-state index contributed by atoms with van der Waals surface area (Å²) in [6.45, 7) is 7.54. The molecular weight excluding hydrogens is 238 g/mol. The highest BCUT2D eigenvalue weighted by atomic mass is 16.5. The van der Waals surface area contributed by atoms with Gasteiger partial charge in [-0.1, -0.05) is 18.2 Å². The van der Waals surface area contributed by atoms with Crippen LogP contribution in [0, 0.1) is 0 Å². The van der Waals surface area contributed by atoms with Crippen LogP contribution in [-0.2, 0) is 14.9 Å². The van der Waals surface area contributed by atoms with Crippen LogP contribution < -0.4 is 0 Å². The van der Waals surface area contributed by atoms with Crippen LogP contribution in [-0.4, -0.2) is 29.9 Å². The summed E-state index contributed by atoms with van der Waals surface area (Å²) in [5, 5.41) is 0. The molecule has 0 radical (unpaired) electrons. The molecule has 1 aliphatic heterocycles. The number of ether oxygens (including phenoxy) is 1. The first-order chi connectivity index (χ1) is 8.98. The monoisotopic (exact) mass is 260 g/mol. The van der Waals surface area contributed by atoms with Crippen LogP contribution in [0.2, 0.25) is 0 Å². The van der Waals surface area contributed by atoms with Crippen molar-refractivity contribution in [2.45, 2.75) is 39.0 Å². The highest BCUT2D eigenvalue weighted by Gasteiger charge is 2.42. The van der Waals surface area contributed by atoms with Crippen LogP contribution in [0.25, 0.3) is 0 Å². The zero-order valence-electron chi connectivity index (χ0n) is 12.2. The molecule has 0 aromatic heterocycles. The molecule has 2 rings (SSSR count). The van der Waals surface area contributed by atoms with Crippen molar-refractivity contribution in [2.24, 2.45) is 0 Å². The van der Waals surface area contributed by atoms with Gasteiger partial charge in [0.15, 0.2) is 5.71 Å². The molecule has 102 valence electrons. The molecule has 3 heteroatoms. The second kappa shape index (κ2) is 5.16. The van der Waals surface area contributed by atoms with Crippen molar-refractivity contribution in [3.05, 3.63) is 29.8 Å². The van der Waals surface area contributed by atoms with Crippen molar-refractivity contribution < 1.29 is 14.1 Å². The molecule has 0 fully saturated rings. The number of rotatable bonds is 4. The smallest absolute Gasteiger partial charge is 0.305 e. The molecule has 0 atom stereocenters. The predicted octanol–water partition coefficient (Wildman–Crippen LogP) is 3.04. The highest BCUT2D eigenvalue weighted by molar-refractivity contribution is 5.93. The summed E-state index contributed by atoms with van der Waals surface area (Å²) in [5.74, 6) is -0.135. The average molecular weight is 260 g/mol. The molecule has 0 saturated carbocycles. The topological polar surface area (TPSA) is 29.3 Å². The number of esters is 1. The second-order valence-electron chi connectivity index (χ2n) is 5.56. The number of hydrogen-bond acceptors (Lipinski definition) is 2. The molecule has 0 spiro atoms. The zero-order valence-corrected chi connectivity index (χ0v) is 12.2. The van der Waals surface area contributed by atoms with Gasteiger partial charge in [0, 0.05) is 25.0 Å². The Morgan fingerprint density at radius 1 is 1.32 bits per heavy atom. The standard InChI is InChI=1S/C16H22NO2/c1-12-16(2,3)13-8-5-6-9-14(13)17(12)11-7-10-15(18)19-4/h5-6,8-9H,7,10-11H2,1-4H3/q+1. The fourth-order valence-electron chi connectivity index (χ4n) is 2.72. The van der Waals surface area contributed by atoms with Crippen molar-refractivity contribution >= 4 is 17.4 Å². The van der Waals surface area contributed by atoms with Gasteiger partial charge in [-0.05, 0) is 13.8 Å². The Hall–Kier alpha value is -1.64. The Kier molecular flexibility index (Phi) is 3.74. The first-order valence-corrected chi connectivity index (χ1v) is 6.76. The number of fused-ring (bicyclic) bond motifs is 1. The summed E-state index contributed by atoms with van der Waals surface area (Å²) in [6.07, 6.45) is 1.29. The number of nitrogens with zero attached hydrogens (tertiary/aromatic N) is 1. The predicted molar refractivity (Wildman–Crippen MR) is 76.2 cm³/mol. The van der Waals surface area contributed by atoms with Crippen LogP contribution in [0.1, 0.15) is 39.2 Å². The van der Waals surface area contributed by atoms with E-state index in [1.54, 1.807) is 0 Å². The van der Waals surface area contributed by atoms with Crippen LogP contribution in [0.5, 0.6) is 0 Å². The third kappa shape index (κ3) is 2.42. The van der Waals surface area contributed by atoms with E-state index in [0.29, 0.717) is 6.42 Å². The van der Waals surface area contributed by atoms with Gasteiger partial charge >= 0.3 is 5.97 Å². The summed E-state index contributed by atoms with van der Waals surface area (Å²) in [4.78, 5) is 11.2. The molecule has 0 unspecified atom stereocenters. The summed E-state index contributed by atoms with van der Waals surface area (Å²) >= 11 is 0. The minimum Gasteiger partial charge on any atom is -0.469 e. The Morgan fingerprint density at radius 3 is 2.68 bits per heavy atom. The van der Waals surface area contributed by atoms with Crippen LogP contribution >= 0.6 is 0 Å². The van der Waals surface area contributed by atoms with Crippen molar-refractivity contribution in [2.75, 3.05) is 13.7 Å². The van der Waals surface area contributed by atoms with E-state index < -0.39 is 0 Å². The van der Waals surface area contributed by atoms with Crippen LogP contribution in [0.4, 0.5) is 5.69 Å². The number of para-hydroxylation sites is 1. The Bertz CT molecular complexity index is 529. The molecule has 0 amide bonds. The maximum Gasteiger partial charge on any atom is 0.305 e. The molecule has 1 heterocycles. The lowest BCUT2D eigenvalue weighted by Crippen LogP contribution is -2.26. The van der Waals surface area contributed by atoms with Crippen molar-refractivity contribution in [3.8, 4) is 0 Å². The first-order valence-electron chi connectivity index (χ1n) is 6.76. The van der Waals surface area contributed by atoms with Gasteiger partial charge in [-0.3, -0.25) is 4.79 Å². The maximum absolute atomic E-state index is 11.2. The van der Waals surface area contributed by atoms with E-state index in [4.69, 9.17) is 0 Å². The number of carbonyl (C=O) groups excluding carboxylic acids is 1. The molecule has 1 aromatic rings.